The van der Waals surface area contributed by atoms with Crippen molar-refractivity contribution in [2.45, 2.75) is 12.8 Å². The Morgan fingerprint density at radius 1 is 1.17 bits per heavy atom. The summed E-state index contributed by atoms with van der Waals surface area (Å²) in [6, 6.07) is 11.9. The summed E-state index contributed by atoms with van der Waals surface area (Å²) in [5, 5.41) is 2.81. The average molecular weight is 334 g/mol. The Morgan fingerprint density at radius 2 is 1.92 bits per heavy atom. The molecule has 2 aromatic rings. The van der Waals surface area contributed by atoms with E-state index in [4.69, 9.17) is 4.74 Å². The molecular weight excluding hydrogens is 318 g/mol. The van der Waals surface area contributed by atoms with Crippen molar-refractivity contribution in [2.24, 2.45) is 0 Å². The lowest BCUT2D eigenvalue weighted by molar-refractivity contribution is -0.0520. The highest BCUT2D eigenvalue weighted by Crippen LogP contribution is 2.40. The van der Waals surface area contributed by atoms with E-state index >= 15 is 0 Å². The minimum absolute atomic E-state index is 0.0912. The summed E-state index contributed by atoms with van der Waals surface area (Å²) in [6.07, 6.45) is -0.656. The van der Waals surface area contributed by atoms with Gasteiger partial charge in [-0.15, -0.1) is 0 Å². The van der Waals surface area contributed by atoms with Gasteiger partial charge in [0.05, 0.1) is 18.4 Å². The van der Waals surface area contributed by atoms with Crippen LogP contribution in [0.2, 0.25) is 0 Å². The molecule has 0 saturated carbocycles. The largest absolute Gasteiger partial charge is 0.493 e. The normalized spacial score (nSPS) is 16.6. The molecule has 1 aliphatic heterocycles. The van der Waals surface area contributed by atoms with Gasteiger partial charge >= 0.3 is 6.61 Å². The first-order valence-electron chi connectivity index (χ1n) is 7.27. The summed E-state index contributed by atoms with van der Waals surface area (Å²) in [6.45, 7) is -3.00. The lowest BCUT2D eigenvalue weighted by atomic mass is 10.0. The predicted molar refractivity (Wildman–Crippen MR) is 84.7 cm³/mol. The molecule has 3 rings (SSSR count). The minimum Gasteiger partial charge on any atom is -0.493 e. The van der Waals surface area contributed by atoms with Gasteiger partial charge in [0.15, 0.2) is 11.5 Å². The van der Waals surface area contributed by atoms with Crippen molar-refractivity contribution >= 4 is 11.6 Å². The van der Waals surface area contributed by atoms with Gasteiger partial charge in [0, 0.05) is 12.6 Å². The summed E-state index contributed by atoms with van der Waals surface area (Å²) < 4.78 is 35.4. The van der Waals surface area contributed by atoms with E-state index in [9.17, 15) is 13.6 Å². The predicted octanol–water partition coefficient (Wildman–Crippen LogP) is 3.18. The number of carbonyl (C=O) groups excluding carboxylic acids is 1. The van der Waals surface area contributed by atoms with E-state index in [-0.39, 0.29) is 17.4 Å². The zero-order chi connectivity index (χ0) is 17.3. The number of rotatable bonds is 4. The van der Waals surface area contributed by atoms with E-state index < -0.39 is 12.8 Å². The smallest absolute Gasteiger partial charge is 0.387 e. The van der Waals surface area contributed by atoms with E-state index in [1.807, 2.05) is 6.07 Å². The Hall–Kier alpha value is -2.83. The first-order chi connectivity index (χ1) is 11.5. The first-order valence-corrected chi connectivity index (χ1v) is 7.27. The van der Waals surface area contributed by atoms with Crippen LogP contribution in [-0.4, -0.2) is 26.7 Å². The highest BCUT2D eigenvalue weighted by atomic mass is 19.3. The third kappa shape index (κ3) is 2.73. The number of amides is 1. The van der Waals surface area contributed by atoms with Gasteiger partial charge in [0.2, 0.25) is 0 Å². The zero-order valence-electron chi connectivity index (χ0n) is 13.1. The highest BCUT2D eigenvalue weighted by Gasteiger charge is 2.32. The van der Waals surface area contributed by atoms with Gasteiger partial charge in [-0.2, -0.15) is 8.78 Å². The molecule has 5 nitrogen and oxygen atoms in total. The Bertz CT molecular complexity index is 767. The van der Waals surface area contributed by atoms with Gasteiger partial charge in [-0.25, -0.2) is 0 Å². The molecule has 1 amide bonds. The third-order valence-corrected chi connectivity index (χ3v) is 3.91. The number of alkyl halides is 2. The van der Waals surface area contributed by atoms with Crippen molar-refractivity contribution in [3.05, 3.63) is 53.6 Å². The molecule has 0 aliphatic carbocycles. The van der Waals surface area contributed by atoms with Crippen LogP contribution >= 0.6 is 0 Å². The summed E-state index contributed by atoms with van der Waals surface area (Å²) in [5.74, 6) is -0.194. The number of benzene rings is 2. The van der Waals surface area contributed by atoms with Crippen LogP contribution in [0.25, 0.3) is 0 Å². The molecule has 0 spiro atoms. The van der Waals surface area contributed by atoms with Crippen molar-refractivity contribution in [3.63, 3.8) is 0 Å². The summed E-state index contributed by atoms with van der Waals surface area (Å²) in [5.41, 5.74) is 1.62. The second-order valence-electron chi connectivity index (χ2n) is 5.26. The number of methoxy groups -OCH3 is 1. The Balaban J connectivity index is 2.08. The molecule has 1 atom stereocenters. The fraction of sp³-hybridized carbons (Fsp3) is 0.235. The lowest BCUT2D eigenvalue weighted by Crippen LogP contribution is -2.44. The average Bonchev–Trinajstić information content (AvgIpc) is 2.58. The van der Waals surface area contributed by atoms with Crippen LogP contribution in [0.1, 0.15) is 22.1 Å². The number of ether oxygens (including phenoxy) is 2. The number of anilines is 1. The SMILES string of the molecule is COc1cccc(C2NC(=O)c3ccccc3N2C)c1OC(F)F. The Kier molecular flexibility index (Phi) is 4.24. The second kappa shape index (κ2) is 6.35. The molecule has 1 aliphatic rings. The Labute approximate surface area is 137 Å². The zero-order valence-corrected chi connectivity index (χ0v) is 13.1. The number of hydrogen-bond acceptors (Lipinski definition) is 4. The topological polar surface area (TPSA) is 50.8 Å². The van der Waals surface area contributed by atoms with Crippen molar-refractivity contribution < 1.29 is 23.0 Å². The van der Waals surface area contributed by atoms with Crippen LogP contribution in [0.3, 0.4) is 0 Å². The molecule has 0 bridgehead atoms. The van der Waals surface area contributed by atoms with Gasteiger partial charge in [-0.1, -0.05) is 24.3 Å². The molecule has 0 fully saturated rings. The maximum absolute atomic E-state index is 12.8. The molecule has 1 heterocycles. The van der Waals surface area contributed by atoms with Gasteiger partial charge in [0.1, 0.15) is 6.17 Å². The highest BCUT2D eigenvalue weighted by molar-refractivity contribution is 6.02. The van der Waals surface area contributed by atoms with E-state index in [2.05, 4.69) is 10.1 Å². The van der Waals surface area contributed by atoms with Crippen LogP contribution in [0, 0.1) is 0 Å². The third-order valence-electron chi connectivity index (χ3n) is 3.91. The number of para-hydroxylation sites is 2. The van der Waals surface area contributed by atoms with Gasteiger partial charge in [0.25, 0.3) is 5.91 Å². The molecule has 1 unspecified atom stereocenters. The first kappa shape index (κ1) is 16.0. The monoisotopic (exact) mass is 334 g/mol. The fourth-order valence-corrected chi connectivity index (χ4v) is 2.82. The summed E-state index contributed by atoms with van der Waals surface area (Å²) in [7, 11) is 3.14. The maximum Gasteiger partial charge on any atom is 0.387 e. The maximum atomic E-state index is 12.8. The quantitative estimate of drug-likeness (QED) is 0.933. The van der Waals surface area contributed by atoms with E-state index in [1.54, 1.807) is 42.3 Å². The Morgan fingerprint density at radius 3 is 2.62 bits per heavy atom. The standard InChI is InChI=1S/C17H16F2N2O3/c1-21-12-8-4-3-6-10(12)16(22)20-15(21)11-7-5-9-13(23-2)14(11)24-17(18)19/h3-9,15,17H,1-2H3,(H,20,22). The molecular formula is C17H16F2N2O3. The number of halogens is 2. The van der Waals surface area contributed by atoms with Crippen LogP contribution in [-0.2, 0) is 0 Å². The molecule has 24 heavy (non-hydrogen) atoms. The van der Waals surface area contributed by atoms with E-state index in [1.165, 1.54) is 13.2 Å². The summed E-state index contributed by atoms with van der Waals surface area (Å²) in [4.78, 5) is 14.1. The number of nitrogens with one attached hydrogen (secondary N) is 1. The van der Waals surface area contributed by atoms with Crippen molar-refractivity contribution in [3.8, 4) is 11.5 Å². The number of nitrogens with zero attached hydrogens (tertiary/aromatic N) is 1. The van der Waals surface area contributed by atoms with Crippen LogP contribution in [0.5, 0.6) is 11.5 Å². The molecule has 126 valence electrons. The molecule has 0 saturated heterocycles. The molecule has 1 N–H and O–H groups in total. The number of fused-ring (bicyclic) bond motifs is 1. The molecule has 2 aromatic carbocycles. The molecule has 0 aromatic heterocycles. The van der Waals surface area contributed by atoms with Crippen LogP contribution < -0.4 is 19.7 Å². The van der Waals surface area contributed by atoms with Crippen molar-refractivity contribution in [2.75, 3.05) is 19.1 Å². The van der Waals surface area contributed by atoms with Gasteiger partial charge in [-0.05, 0) is 18.2 Å². The van der Waals surface area contributed by atoms with Gasteiger partial charge < -0.3 is 19.7 Å². The van der Waals surface area contributed by atoms with Crippen molar-refractivity contribution in [1.29, 1.82) is 0 Å². The fourth-order valence-electron chi connectivity index (χ4n) is 2.82. The van der Waals surface area contributed by atoms with Crippen molar-refractivity contribution in [1.82, 2.24) is 5.32 Å². The van der Waals surface area contributed by atoms with Crippen LogP contribution in [0.4, 0.5) is 14.5 Å². The lowest BCUT2D eigenvalue weighted by Gasteiger charge is -2.37. The molecule has 7 heteroatoms. The minimum atomic E-state index is -3.00. The number of carbonyl (C=O) groups is 1. The number of hydrogen-bond donors (Lipinski definition) is 1. The summed E-state index contributed by atoms with van der Waals surface area (Å²) >= 11 is 0. The van der Waals surface area contributed by atoms with Gasteiger partial charge in [-0.3, -0.25) is 4.79 Å². The van der Waals surface area contributed by atoms with Crippen LogP contribution in [0.15, 0.2) is 42.5 Å². The molecule has 0 radical (unpaired) electrons. The van der Waals surface area contributed by atoms with E-state index in [0.29, 0.717) is 16.8 Å². The second-order valence-corrected chi connectivity index (χ2v) is 5.26. The van der Waals surface area contributed by atoms with E-state index in [0.717, 1.165) is 0 Å².